The van der Waals surface area contributed by atoms with E-state index in [1.54, 1.807) is 0 Å². The molecule has 2 heterocycles. The topological polar surface area (TPSA) is 65.2 Å². The number of benzene rings is 1. The molecule has 0 fully saturated rings. The van der Waals surface area contributed by atoms with Gasteiger partial charge in [-0.05, 0) is 6.07 Å². The Bertz CT molecular complexity index is 577. The van der Waals surface area contributed by atoms with Gasteiger partial charge in [-0.15, -0.1) is 0 Å². The first-order valence-electron chi connectivity index (χ1n) is 5.32. The number of carbonyl (C=O) groups excluding carboxylic acids is 1. The average molecular weight is 230 g/mol. The molecule has 0 saturated heterocycles. The molecule has 17 heavy (non-hydrogen) atoms. The van der Waals surface area contributed by atoms with Crippen LogP contribution in [-0.4, -0.2) is 22.5 Å². The maximum absolute atomic E-state index is 11.1. The van der Waals surface area contributed by atoms with Gasteiger partial charge >= 0.3 is 0 Å². The van der Waals surface area contributed by atoms with Gasteiger partial charge in [-0.2, -0.15) is 4.98 Å². The molecule has 5 heteroatoms. The largest absolute Gasteiger partial charge is 0.492 e. The Morgan fingerprint density at radius 3 is 3.00 bits per heavy atom. The van der Waals surface area contributed by atoms with Gasteiger partial charge in [0, 0.05) is 12.5 Å². The van der Waals surface area contributed by atoms with Gasteiger partial charge in [-0.25, -0.2) is 0 Å². The lowest BCUT2D eigenvalue weighted by atomic mass is 10.0. The number of hydrogen-bond donors (Lipinski definition) is 0. The third-order valence-electron chi connectivity index (χ3n) is 2.75. The van der Waals surface area contributed by atoms with Gasteiger partial charge in [0.2, 0.25) is 5.78 Å². The van der Waals surface area contributed by atoms with Crippen LogP contribution < -0.4 is 4.74 Å². The molecule has 0 spiro atoms. The molecule has 0 amide bonds. The van der Waals surface area contributed by atoms with Gasteiger partial charge in [-0.3, -0.25) is 4.79 Å². The van der Waals surface area contributed by atoms with Crippen LogP contribution >= 0.6 is 0 Å². The van der Waals surface area contributed by atoms with Gasteiger partial charge in [0.15, 0.2) is 5.82 Å². The Kier molecular flexibility index (Phi) is 2.18. The molecule has 0 aliphatic carbocycles. The second-order valence-corrected chi connectivity index (χ2v) is 3.92. The Morgan fingerprint density at radius 2 is 2.24 bits per heavy atom. The summed E-state index contributed by atoms with van der Waals surface area (Å²) in [5, 5.41) is 3.83. The van der Waals surface area contributed by atoms with Crippen LogP contribution in [0.4, 0.5) is 0 Å². The number of carbonyl (C=O) groups is 1. The summed E-state index contributed by atoms with van der Waals surface area (Å²) in [6.45, 7) is 1.88. The first kappa shape index (κ1) is 10.0. The molecule has 0 N–H and O–H groups in total. The van der Waals surface area contributed by atoms with E-state index in [-0.39, 0.29) is 17.6 Å². The molecule has 5 nitrogen and oxygen atoms in total. The lowest BCUT2D eigenvalue weighted by Gasteiger charge is -2.01. The van der Waals surface area contributed by atoms with E-state index in [2.05, 4.69) is 10.1 Å². The number of nitrogens with zero attached hydrogens (tertiary/aromatic N) is 2. The molecule has 2 aromatic rings. The minimum Gasteiger partial charge on any atom is -0.492 e. The summed E-state index contributed by atoms with van der Waals surface area (Å²) in [5.74, 6) is 1.11. The fourth-order valence-electron chi connectivity index (χ4n) is 1.90. The van der Waals surface area contributed by atoms with Gasteiger partial charge in [0.05, 0.1) is 5.92 Å². The van der Waals surface area contributed by atoms with Gasteiger partial charge in [0.25, 0.3) is 5.89 Å². The summed E-state index contributed by atoms with van der Waals surface area (Å²) < 4.78 is 10.4. The van der Waals surface area contributed by atoms with Crippen LogP contribution in [-0.2, 0) is 0 Å². The van der Waals surface area contributed by atoms with E-state index in [0.29, 0.717) is 12.4 Å². The van der Waals surface area contributed by atoms with Crippen LogP contribution in [0.1, 0.15) is 34.9 Å². The minimum absolute atomic E-state index is 0.0457. The third-order valence-corrected chi connectivity index (χ3v) is 2.75. The first-order chi connectivity index (χ1) is 8.25. The monoisotopic (exact) mass is 230 g/mol. The summed E-state index contributed by atoms with van der Waals surface area (Å²) in [6.07, 6.45) is 0. The van der Waals surface area contributed by atoms with Crippen LogP contribution in [0.3, 0.4) is 0 Å². The number of ether oxygens (including phenoxy) is 1. The predicted molar refractivity (Wildman–Crippen MR) is 58.1 cm³/mol. The number of Topliss-reactive ketones (excluding diaryl/α,β-unsaturated/α-hetero) is 1. The van der Waals surface area contributed by atoms with E-state index in [4.69, 9.17) is 9.26 Å². The molecular formula is C12H10N2O3. The fraction of sp³-hybridized carbons (Fsp3) is 0.250. The predicted octanol–water partition coefficient (Wildman–Crippen LogP) is 1.80. The molecule has 86 valence electrons. The number of ketones is 1. The molecule has 1 unspecified atom stereocenters. The van der Waals surface area contributed by atoms with Gasteiger partial charge < -0.3 is 9.26 Å². The summed E-state index contributed by atoms with van der Waals surface area (Å²) in [7, 11) is 0. The Balaban J connectivity index is 1.98. The van der Waals surface area contributed by atoms with Gasteiger partial charge in [0.1, 0.15) is 12.4 Å². The van der Waals surface area contributed by atoms with Gasteiger partial charge in [-0.1, -0.05) is 23.4 Å². The van der Waals surface area contributed by atoms with Crippen molar-refractivity contribution >= 4 is 5.78 Å². The number of fused-ring (bicyclic) bond motifs is 1. The number of aromatic nitrogens is 2. The van der Waals surface area contributed by atoms with Crippen LogP contribution in [0, 0.1) is 0 Å². The lowest BCUT2D eigenvalue weighted by molar-refractivity contribution is 0.0972. The van der Waals surface area contributed by atoms with E-state index < -0.39 is 0 Å². The van der Waals surface area contributed by atoms with Crippen molar-refractivity contribution in [2.45, 2.75) is 12.8 Å². The smallest absolute Gasteiger partial charge is 0.293 e. The van der Waals surface area contributed by atoms with Crippen molar-refractivity contribution in [2.75, 3.05) is 6.61 Å². The van der Waals surface area contributed by atoms with Crippen molar-refractivity contribution in [3.63, 3.8) is 0 Å². The van der Waals surface area contributed by atoms with Crippen molar-refractivity contribution < 1.29 is 14.1 Å². The summed E-state index contributed by atoms with van der Waals surface area (Å²) >= 11 is 0. The van der Waals surface area contributed by atoms with Crippen LogP contribution in [0.25, 0.3) is 0 Å². The number of rotatable bonds is 2. The zero-order valence-corrected chi connectivity index (χ0v) is 9.21. The first-order valence-corrected chi connectivity index (χ1v) is 5.32. The Hall–Kier alpha value is -2.17. The second-order valence-electron chi connectivity index (χ2n) is 3.92. The molecule has 1 aliphatic rings. The molecule has 1 atom stereocenters. The lowest BCUT2D eigenvalue weighted by Crippen LogP contribution is -2.05. The highest BCUT2D eigenvalue weighted by atomic mass is 16.5. The molecule has 0 bridgehead atoms. The molecule has 3 rings (SSSR count). The standard InChI is InChI=1S/C12H10N2O3/c1-7(15)12-13-11(14-17-12)9-6-16-10-5-3-2-4-8(9)10/h2-5,9H,6H2,1H3. The SMILES string of the molecule is CC(=O)c1nc(C2COc3ccccc32)no1. The third kappa shape index (κ3) is 1.60. The van der Waals surface area contributed by atoms with E-state index in [0.717, 1.165) is 11.3 Å². The number of para-hydroxylation sites is 1. The zero-order valence-electron chi connectivity index (χ0n) is 9.21. The van der Waals surface area contributed by atoms with Crippen LogP contribution in [0.15, 0.2) is 28.8 Å². The summed E-state index contributed by atoms with van der Waals surface area (Å²) in [6, 6.07) is 7.73. The summed E-state index contributed by atoms with van der Waals surface area (Å²) in [4.78, 5) is 15.2. The van der Waals surface area contributed by atoms with Crippen molar-refractivity contribution in [1.29, 1.82) is 0 Å². The molecule has 0 saturated carbocycles. The number of hydrogen-bond acceptors (Lipinski definition) is 5. The van der Waals surface area contributed by atoms with E-state index in [1.165, 1.54) is 6.92 Å². The van der Waals surface area contributed by atoms with Crippen molar-refractivity contribution in [1.82, 2.24) is 10.1 Å². The normalized spacial score (nSPS) is 17.6. The highest BCUT2D eigenvalue weighted by molar-refractivity contribution is 5.89. The van der Waals surface area contributed by atoms with Crippen molar-refractivity contribution in [2.24, 2.45) is 0 Å². The highest BCUT2D eigenvalue weighted by Gasteiger charge is 2.29. The van der Waals surface area contributed by atoms with Crippen LogP contribution in [0.5, 0.6) is 5.75 Å². The molecule has 1 aromatic carbocycles. The second kappa shape index (κ2) is 3.69. The molecule has 1 aliphatic heterocycles. The minimum atomic E-state index is -0.226. The Morgan fingerprint density at radius 1 is 1.41 bits per heavy atom. The van der Waals surface area contributed by atoms with Crippen molar-refractivity contribution in [3.8, 4) is 5.75 Å². The van der Waals surface area contributed by atoms with E-state index in [1.807, 2.05) is 24.3 Å². The maximum Gasteiger partial charge on any atom is 0.293 e. The summed E-state index contributed by atoms with van der Waals surface area (Å²) in [5.41, 5.74) is 1.03. The van der Waals surface area contributed by atoms with Crippen LogP contribution in [0.2, 0.25) is 0 Å². The molecule has 1 aromatic heterocycles. The zero-order chi connectivity index (χ0) is 11.8. The fourth-order valence-corrected chi connectivity index (χ4v) is 1.90. The maximum atomic E-state index is 11.1. The van der Waals surface area contributed by atoms with Crippen molar-refractivity contribution in [3.05, 3.63) is 41.5 Å². The highest BCUT2D eigenvalue weighted by Crippen LogP contribution is 2.36. The quantitative estimate of drug-likeness (QED) is 0.736. The van der Waals surface area contributed by atoms with E-state index in [9.17, 15) is 4.79 Å². The average Bonchev–Trinajstić information content (AvgIpc) is 2.95. The van der Waals surface area contributed by atoms with E-state index >= 15 is 0 Å². The molecular weight excluding hydrogens is 220 g/mol. The molecule has 0 radical (unpaired) electrons. The Labute approximate surface area is 97.4 Å².